The molecule has 0 aliphatic rings. The summed E-state index contributed by atoms with van der Waals surface area (Å²) in [5, 5.41) is 6.29. The summed E-state index contributed by atoms with van der Waals surface area (Å²) in [4.78, 5) is 4.50. The molecule has 0 saturated carbocycles. The lowest BCUT2D eigenvalue weighted by Gasteiger charge is -2.13. The Morgan fingerprint density at radius 2 is 1.70 bits per heavy atom. The summed E-state index contributed by atoms with van der Waals surface area (Å²) < 4.78 is 41.8. The van der Waals surface area contributed by atoms with Gasteiger partial charge in [0.2, 0.25) is 0 Å². The van der Waals surface area contributed by atoms with Crippen LogP contribution in [-0.2, 0) is 13.0 Å². The smallest absolute Gasteiger partial charge is 0.389 e. The molecule has 2 N–H and O–H groups in total. The maximum atomic E-state index is 12.2. The van der Waals surface area contributed by atoms with Crippen LogP contribution < -0.4 is 10.6 Å². The Morgan fingerprint density at radius 1 is 0.963 bits per heavy atom. The third-order valence-electron chi connectivity index (χ3n) is 3.69. The molecule has 0 saturated heterocycles. The summed E-state index contributed by atoms with van der Waals surface area (Å²) in [5.41, 5.74) is 1.07. The number of guanidine groups is 1. The third-order valence-corrected chi connectivity index (χ3v) is 3.69. The van der Waals surface area contributed by atoms with Crippen molar-refractivity contribution >= 4 is 29.9 Å². The molecule has 4 nitrogen and oxygen atoms in total. The predicted octanol–water partition coefficient (Wildman–Crippen LogP) is 4.91. The highest BCUT2D eigenvalue weighted by Crippen LogP contribution is 2.21. The van der Waals surface area contributed by atoms with Gasteiger partial charge in [-0.1, -0.05) is 30.3 Å². The van der Waals surface area contributed by atoms with Crippen molar-refractivity contribution in [1.29, 1.82) is 0 Å². The van der Waals surface area contributed by atoms with E-state index in [0.717, 1.165) is 11.3 Å². The number of nitrogens with zero attached hydrogens (tertiary/aromatic N) is 1. The number of rotatable bonds is 9. The molecule has 1 aromatic carbocycles. The lowest BCUT2D eigenvalue weighted by atomic mass is 10.2. The van der Waals surface area contributed by atoms with E-state index in [9.17, 15) is 13.2 Å². The first-order valence-electron chi connectivity index (χ1n) is 8.68. The Hall–Kier alpha value is -1.71. The Labute approximate surface area is 174 Å². The SMILES string of the molecule is FC(F)(F)CCCCNC(=NCc1ccccc1)NCCc1ccco1.I. The van der Waals surface area contributed by atoms with Crippen molar-refractivity contribution in [3.63, 3.8) is 0 Å². The third kappa shape index (κ3) is 10.9. The standard InChI is InChI=1S/C19H24F3N3O.HI/c20-19(21,22)11-4-5-12-23-18(24-13-10-17-9-6-14-26-17)25-15-16-7-2-1-3-8-16;/h1-3,6-9,14H,4-5,10-13,15H2,(H2,23,24,25);1H. The van der Waals surface area contributed by atoms with Gasteiger partial charge in [-0.05, 0) is 30.5 Å². The molecule has 2 rings (SSSR count). The van der Waals surface area contributed by atoms with Crippen LogP contribution in [0.1, 0.15) is 30.6 Å². The first kappa shape index (κ1) is 23.3. The fraction of sp³-hybridized carbons (Fsp3) is 0.421. The topological polar surface area (TPSA) is 49.6 Å². The zero-order valence-corrected chi connectivity index (χ0v) is 17.3. The van der Waals surface area contributed by atoms with Crippen molar-refractivity contribution in [3.8, 4) is 0 Å². The van der Waals surface area contributed by atoms with Crippen LogP contribution in [0, 0.1) is 0 Å². The second kappa shape index (κ2) is 12.6. The first-order chi connectivity index (χ1) is 12.5. The number of nitrogens with one attached hydrogen (secondary N) is 2. The van der Waals surface area contributed by atoms with E-state index in [-0.39, 0.29) is 30.4 Å². The van der Waals surface area contributed by atoms with Gasteiger partial charge in [0, 0.05) is 25.9 Å². The van der Waals surface area contributed by atoms with Gasteiger partial charge in [-0.3, -0.25) is 0 Å². The van der Waals surface area contributed by atoms with Gasteiger partial charge < -0.3 is 15.1 Å². The molecule has 0 unspecified atom stereocenters. The Bertz CT molecular complexity index is 646. The van der Waals surface area contributed by atoms with Crippen LogP contribution in [0.3, 0.4) is 0 Å². The zero-order valence-electron chi connectivity index (χ0n) is 15.0. The lowest BCUT2D eigenvalue weighted by molar-refractivity contribution is -0.135. The van der Waals surface area contributed by atoms with Gasteiger partial charge in [-0.25, -0.2) is 4.99 Å². The number of benzene rings is 1. The Kier molecular flexibility index (Phi) is 10.9. The van der Waals surface area contributed by atoms with E-state index < -0.39 is 12.6 Å². The van der Waals surface area contributed by atoms with Crippen LogP contribution in [0.25, 0.3) is 0 Å². The first-order valence-corrected chi connectivity index (χ1v) is 8.68. The van der Waals surface area contributed by atoms with E-state index in [4.69, 9.17) is 4.42 Å². The highest BCUT2D eigenvalue weighted by molar-refractivity contribution is 14.0. The lowest BCUT2D eigenvalue weighted by Crippen LogP contribution is -2.39. The average Bonchev–Trinajstić information content (AvgIpc) is 3.12. The van der Waals surface area contributed by atoms with E-state index in [2.05, 4.69) is 15.6 Å². The summed E-state index contributed by atoms with van der Waals surface area (Å²) in [6.45, 7) is 1.56. The largest absolute Gasteiger partial charge is 0.469 e. The number of aliphatic imine (C=N–C) groups is 1. The number of hydrogen-bond acceptors (Lipinski definition) is 2. The van der Waals surface area contributed by atoms with Crippen LogP contribution in [0.15, 0.2) is 58.1 Å². The second-order valence-corrected chi connectivity index (χ2v) is 5.91. The molecule has 27 heavy (non-hydrogen) atoms. The quantitative estimate of drug-likeness (QED) is 0.225. The summed E-state index contributed by atoms with van der Waals surface area (Å²) >= 11 is 0. The molecular weight excluding hydrogens is 470 g/mol. The predicted molar refractivity (Wildman–Crippen MR) is 111 cm³/mol. The molecule has 0 fully saturated rings. The molecule has 0 radical (unpaired) electrons. The number of halogens is 4. The molecule has 1 aromatic heterocycles. The normalized spacial score (nSPS) is 11.7. The minimum absolute atomic E-state index is 0. The molecule has 8 heteroatoms. The molecule has 0 spiro atoms. The van der Waals surface area contributed by atoms with Gasteiger partial charge in [0.15, 0.2) is 5.96 Å². The molecule has 0 amide bonds. The number of furan rings is 1. The van der Waals surface area contributed by atoms with Crippen LogP contribution in [-0.4, -0.2) is 25.2 Å². The fourth-order valence-electron chi connectivity index (χ4n) is 2.34. The molecule has 0 aliphatic carbocycles. The zero-order chi connectivity index (χ0) is 18.7. The minimum atomic E-state index is -4.09. The summed E-state index contributed by atoms with van der Waals surface area (Å²) in [5.74, 6) is 1.46. The van der Waals surface area contributed by atoms with Crippen molar-refractivity contribution in [3.05, 3.63) is 60.1 Å². The minimum Gasteiger partial charge on any atom is -0.469 e. The maximum absolute atomic E-state index is 12.2. The van der Waals surface area contributed by atoms with Crippen molar-refractivity contribution < 1.29 is 17.6 Å². The average molecular weight is 495 g/mol. The van der Waals surface area contributed by atoms with Gasteiger partial charge in [0.1, 0.15) is 5.76 Å². The molecule has 0 atom stereocenters. The van der Waals surface area contributed by atoms with E-state index in [0.29, 0.717) is 38.4 Å². The van der Waals surface area contributed by atoms with Crippen molar-refractivity contribution in [2.75, 3.05) is 13.1 Å². The number of unbranched alkanes of at least 4 members (excludes halogenated alkanes) is 1. The van der Waals surface area contributed by atoms with Crippen LogP contribution >= 0.6 is 24.0 Å². The molecule has 0 aliphatic heterocycles. The highest BCUT2D eigenvalue weighted by Gasteiger charge is 2.25. The van der Waals surface area contributed by atoms with Gasteiger partial charge in [0.05, 0.1) is 12.8 Å². The maximum Gasteiger partial charge on any atom is 0.389 e. The van der Waals surface area contributed by atoms with Crippen LogP contribution in [0.2, 0.25) is 0 Å². The van der Waals surface area contributed by atoms with Crippen molar-refractivity contribution in [2.45, 2.75) is 38.4 Å². The van der Waals surface area contributed by atoms with Gasteiger partial charge in [-0.2, -0.15) is 13.2 Å². The van der Waals surface area contributed by atoms with E-state index in [1.807, 2.05) is 42.5 Å². The van der Waals surface area contributed by atoms with E-state index in [1.54, 1.807) is 6.26 Å². The molecular formula is C19H25F3IN3O. The van der Waals surface area contributed by atoms with Gasteiger partial charge in [-0.15, -0.1) is 24.0 Å². The van der Waals surface area contributed by atoms with Crippen LogP contribution in [0.4, 0.5) is 13.2 Å². The Morgan fingerprint density at radius 3 is 2.37 bits per heavy atom. The second-order valence-electron chi connectivity index (χ2n) is 5.91. The molecule has 0 bridgehead atoms. The van der Waals surface area contributed by atoms with Crippen molar-refractivity contribution in [2.24, 2.45) is 4.99 Å². The summed E-state index contributed by atoms with van der Waals surface area (Å²) in [6, 6.07) is 13.5. The highest BCUT2D eigenvalue weighted by atomic mass is 127. The van der Waals surface area contributed by atoms with E-state index >= 15 is 0 Å². The van der Waals surface area contributed by atoms with Crippen molar-refractivity contribution in [1.82, 2.24) is 10.6 Å². The fourth-order valence-corrected chi connectivity index (χ4v) is 2.34. The van der Waals surface area contributed by atoms with Gasteiger partial charge >= 0.3 is 6.18 Å². The van der Waals surface area contributed by atoms with Crippen LogP contribution in [0.5, 0.6) is 0 Å². The number of hydrogen-bond donors (Lipinski definition) is 2. The van der Waals surface area contributed by atoms with Gasteiger partial charge in [0.25, 0.3) is 0 Å². The number of alkyl halides is 3. The van der Waals surface area contributed by atoms with E-state index in [1.165, 1.54) is 0 Å². The molecule has 150 valence electrons. The summed E-state index contributed by atoms with van der Waals surface area (Å²) in [7, 11) is 0. The molecule has 2 aromatic rings. The Balaban J connectivity index is 0.00000364. The monoisotopic (exact) mass is 495 g/mol. The molecule has 1 heterocycles. The summed E-state index contributed by atoms with van der Waals surface area (Å²) in [6.07, 6.45) is -1.98.